The van der Waals surface area contributed by atoms with E-state index in [1.54, 1.807) is 17.9 Å². The molecule has 1 aromatic heterocycles. The van der Waals surface area contributed by atoms with Gasteiger partial charge in [0.2, 0.25) is 5.78 Å². The van der Waals surface area contributed by atoms with Crippen LogP contribution in [-0.4, -0.2) is 22.1 Å². The number of fused-ring (bicyclic) bond motifs is 1. The molecule has 1 aromatic carbocycles. The monoisotopic (exact) mass is 305 g/mol. The third kappa shape index (κ3) is 1.75. The topological polar surface area (TPSA) is 46.9 Å². The summed E-state index contributed by atoms with van der Waals surface area (Å²) in [4.78, 5) is 12.4. The Morgan fingerprint density at radius 2 is 2.33 bits per heavy atom. The highest BCUT2D eigenvalue weighted by molar-refractivity contribution is 9.10. The van der Waals surface area contributed by atoms with E-state index in [0.29, 0.717) is 11.3 Å². The fourth-order valence-electron chi connectivity index (χ4n) is 2.23. The Kier molecular flexibility index (Phi) is 2.70. The number of rotatable bonds is 2. The molecule has 1 aliphatic rings. The minimum atomic E-state index is -0.0154. The first-order valence-electron chi connectivity index (χ1n) is 5.76. The van der Waals surface area contributed by atoms with Crippen LogP contribution in [0.3, 0.4) is 0 Å². The lowest BCUT2D eigenvalue weighted by molar-refractivity contribution is 0.102. The van der Waals surface area contributed by atoms with Crippen LogP contribution < -0.4 is 5.32 Å². The standard InChI is InChI=1S/C13H12BrN3O/c1-17-12(10(14)7-16-17)13(18)9-3-2-8-4-5-15-11(8)6-9/h2-3,6-7,15H,4-5H2,1H3. The van der Waals surface area contributed by atoms with E-state index in [-0.39, 0.29) is 5.78 Å². The number of hydrogen-bond donors (Lipinski definition) is 1. The van der Waals surface area contributed by atoms with Gasteiger partial charge in [-0.1, -0.05) is 12.1 Å². The summed E-state index contributed by atoms with van der Waals surface area (Å²) in [6.07, 6.45) is 2.66. The fourth-order valence-corrected chi connectivity index (χ4v) is 2.76. The second kappa shape index (κ2) is 4.24. The van der Waals surface area contributed by atoms with Crippen molar-refractivity contribution in [1.82, 2.24) is 9.78 Å². The minimum Gasteiger partial charge on any atom is -0.384 e. The SMILES string of the molecule is Cn1ncc(Br)c1C(=O)c1ccc2c(c1)NCC2. The number of anilines is 1. The molecule has 1 aliphatic heterocycles. The summed E-state index contributed by atoms with van der Waals surface area (Å²) in [7, 11) is 1.77. The molecule has 5 heteroatoms. The van der Waals surface area contributed by atoms with Gasteiger partial charge >= 0.3 is 0 Å². The fraction of sp³-hybridized carbons (Fsp3) is 0.231. The first-order chi connectivity index (χ1) is 8.66. The molecule has 0 bridgehead atoms. The maximum atomic E-state index is 12.4. The number of aryl methyl sites for hydroxylation is 1. The Labute approximate surface area is 113 Å². The Bertz CT molecular complexity index is 614. The van der Waals surface area contributed by atoms with Gasteiger partial charge in [0.15, 0.2) is 0 Å². The maximum absolute atomic E-state index is 12.4. The molecule has 0 spiro atoms. The summed E-state index contributed by atoms with van der Waals surface area (Å²) in [5.41, 5.74) is 3.61. The third-order valence-electron chi connectivity index (χ3n) is 3.19. The molecule has 0 radical (unpaired) electrons. The third-order valence-corrected chi connectivity index (χ3v) is 3.77. The summed E-state index contributed by atoms with van der Waals surface area (Å²) < 4.78 is 2.32. The first kappa shape index (κ1) is 11.5. The van der Waals surface area contributed by atoms with Gasteiger partial charge in [-0.05, 0) is 34.0 Å². The van der Waals surface area contributed by atoms with E-state index < -0.39 is 0 Å². The van der Waals surface area contributed by atoms with Crippen molar-refractivity contribution in [2.24, 2.45) is 7.05 Å². The van der Waals surface area contributed by atoms with Crippen LogP contribution in [0.15, 0.2) is 28.9 Å². The number of ketones is 1. The van der Waals surface area contributed by atoms with Crippen molar-refractivity contribution in [2.75, 3.05) is 11.9 Å². The summed E-state index contributed by atoms with van der Waals surface area (Å²) in [6.45, 7) is 0.947. The van der Waals surface area contributed by atoms with Crippen molar-refractivity contribution in [2.45, 2.75) is 6.42 Å². The highest BCUT2D eigenvalue weighted by atomic mass is 79.9. The van der Waals surface area contributed by atoms with Gasteiger partial charge in [0.25, 0.3) is 0 Å². The van der Waals surface area contributed by atoms with E-state index in [0.717, 1.165) is 23.1 Å². The van der Waals surface area contributed by atoms with E-state index in [2.05, 4.69) is 26.3 Å². The van der Waals surface area contributed by atoms with Gasteiger partial charge in [-0.15, -0.1) is 0 Å². The van der Waals surface area contributed by atoms with Gasteiger partial charge in [-0.3, -0.25) is 9.48 Å². The smallest absolute Gasteiger partial charge is 0.212 e. The largest absolute Gasteiger partial charge is 0.384 e. The Balaban J connectivity index is 2.03. The Hall–Kier alpha value is -1.62. The van der Waals surface area contributed by atoms with Crippen LogP contribution >= 0.6 is 15.9 Å². The molecule has 0 saturated heterocycles. The maximum Gasteiger partial charge on any atom is 0.212 e. The molecule has 4 nitrogen and oxygen atoms in total. The number of carbonyl (C=O) groups excluding carboxylic acids is 1. The number of carbonyl (C=O) groups is 1. The predicted molar refractivity (Wildman–Crippen MR) is 73.0 cm³/mol. The molecule has 0 saturated carbocycles. The van der Waals surface area contributed by atoms with Crippen molar-refractivity contribution in [3.05, 3.63) is 45.7 Å². The van der Waals surface area contributed by atoms with Crippen LogP contribution in [0.25, 0.3) is 0 Å². The van der Waals surface area contributed by atoms with Gasteiger partial charge in [0, 0.05) is 24.8 Å². The highest BCUT2D eigenvalue weighted by Crippen LogP contribution is 2.26. The predicted octanol–water partition coefficient (Wildman–Crippen LogP) is 2.38. The molecule has 2 aromatic rings. The average molecular weight is 306 g/mol. The minimum absolute atomic E-state index is 0.0154. The van der Waals surface area contributed by atoms with Gasteiger partial charge in [-0.2, -0.15) is 5.10 Å². The average Bonchev–Trinajstić information content (AvgIpc) is 2.94. The van der Waals surface area contributed by atoms with Crippen molar-refractivity contribution in [3.8, 4) is 0 Å². The molecular weight excluding hydrogens is 294 g/mol. The van der Waals surface area contributed by atoms with E-state index in [9.17, 15) is 4.79 Å². The van der Waals surface area contributed by atoms with Gasteiger partial charge < -0.3 is 5.32 Å². The molecule has 18 heavy (non-hydrogen) atoms. The van der Waals surface area contributed by atoms with Crippen LogP contribution in [-0.2, 0) is 13.5 Å². The second-order valence-corrected chi connectivity index (χ2v) is 5.20. The van der Waals surface area contributed by atoms with Crippen LogP contribution in [0.4, 0.5) is 5.69 Å². The summed E-state index contributed by atoms with van der Waals surface area (Å²) in [5, 5.41) is 7.35. The van der Waals surface area contributed by atoms with E-state index in [1.165, 1.54) is 5.56 Å². The van der Waals surface area contributed by atoms with E-state index >= 15 is 0 Å². The van der Waals surface area contributed by atoms with Crippen LogP contribution in [0, 0.1) is 0 Å². The quantitative estimate of drug-likeness (QED) is 0.867. The number of hydrogen-bond acceptors (Lipinski definition) is 3. The van der Waals surface area contributed by atoms with Crippen LogP contribution in [0.1, 0.15) is 21.6 Å². The van der Waals surface area contributed by atoms with E-state index in [1.807, 2.05) is 18.2 Å². The summed E-state index contributed by atoms with van der Waals surface area (Å²) >= 11 is 3.36. The van der Waals surface area contributed by atoms with Crippen molar-refractivity contribution < 1.29 is 4.79 Å². The second-order valence-electron chi connectivity index (χ2n) is 4.34. The Morgan fingerprint density at radius 1 is 1.50 bits per heavy atom. The molecular formula is C13H12BrN3O. The molecule has 92 valence electrons. The zero-order chi connectivity index (χ0) is 12.7. The molecule has 1 N–H and O–H groups in total. The molecule has 0 aliphatic carbocycles. The lowest BCUT2D eigenvalue weighted by Crippen LogP contribution is -2.09. The lowest BCUT2D eigenvalue weighted by atomic mass is 10.0. The summed E-state index contributed by atoms with van der Waals surface area (Å²) in [6, 6.07) is 5.82. The molecule has 0 amide bonds. The van der Waals surface area contributed by atoms with Crippen molar-refractivity contribution in [1.29, 1.82) is 0 Å². The Morgan fingerprint density at radius 3 is 3.06 bits per heavy atom. The molecule has 3 rings (SSSR count). The molecule has 0 unspecified atom stereocenters. The molecule has 0 fully saturated rings. The number of halogens is 1. The molecule has 2 heterocycles. The zero-order valence-electron chi connectivity index (χ0n) is 9.90. The van der Waals surface area contributed by atoms with Crippen LogP contribution in [0.2, 0.25) is 0 Å². The summed E-state index contributed by atoms with van der Waals surface area (Å²) in [5.74, 6) is -0.0154. The van der Waals surface area contributed by atoms with Crippen molar-refractivity contribution >= 4 is 27.4 Å². The van der Waals surface area contributed by atoms with Crippen molar-refractivity contribution in [3.63, 3.8) is 0 Å². The molecule has 0 atom stereocenters. The van der Waals surface area contributed by atoms with Gasteiger partial charge in [0.05, 0.1) is 10.7 Å². The number of nitrogens with one attached hydrogen (secondary N) is 1. The number of aromatic nitrogens is 2. The zero-order valence-corrected chi connectivity index (χ0v) is 11.5. The number of nitrogens with zero attached hydrogens (tertiary/aromatic N) is 2. The van der Waals surface area contributed by atoms with Gasteiger partial charge in [-0.25, -0.2) is 0 Å². The highest BCUT2D eigenvalue weighted by Gasteiger charge is 2.19. The first-order valence-corrected chi connectivity index (χ1v) is 6.55. The number of benzene rings is 1. The van der Waals surface area contributed by atoms with Gasteiger partial charge in [0.1, 0.15) is 5.69 Å². The normalized spacial score (nSPS) is 13.2. The van der Waals surface area contributed by atoms with Crippen LogP contribution in [0.5, 0.6) is 0 Å². The van der Waals surface area contributed by atoms with E-state index in [4.69, 9.17) is 0 Å². The lowest BCUT2D eigenvalue weighted by Gasteiger charge is -2.05.